The molecule has 0 radical (unpaired) electrons. The molecule has 1 aliphatic carbocycles. The van der Waals surface area contributed by atoms with E-state index in [9.17, 15) is 10.1 Å². The van der Waals surface area contributed by atoms with E-state index in [1.807, 2.05) is 18.2 Å². The van der Waals surface area contributed by atoms with Crippen molar-refractivity contribution in [1.29, 1.82) is 0 Å². The topological polar surface area (TPSA) is 55.2 Å². The number of nitro benzene ring substituents is 1. The van der Waals surface area contributed by atoms with Gasteiger partial charge in [-0.3, -0.25) is 10.1 Å². The molecule has 0 atom stereocenters. The zero-order chi connectivity index (χ0) is 14.1. The van der Waals surface area contributed by atoms with E-state index >= 15 is 0 Å². The summed E-state index contributed by atoms with van der Waals surface area (Å²) in [4.78, 5) is 10.8. The average molecular weight is 333 g/mol. The minimum atomic E-state index is -0.352. The van der Waals surface area contributed by atoms with Crippen LogP contribution in [0.25, 0.3) is 0 Å². The quantitative estimate of drug-likeness (QED) is 0.684. The Bertz CT molecular complexity index is 648. The molecule has 0 saturated carbocycles. The van der Waals surface area contributed by atoms with Gasteiger partial charge in [0.05, 0.1) is 4.92 Å². The van der Waals surface area contributed by atoms with Crippen LogP contribution in [0.3, 0.4) is 0 Å². The van der Waals surface area contributed by atoms with Gasteiger partial charge in [-0.25, -0.2) is 0 Å². The smallest absolute Gasteiger partial charge is 0.293 e. The van der Waals surface area contributed by atoms with Crippen LogP contribution in [-0.4, -0.2) is 11.0 Å². The van der Waals surface area contributed by atoms with Crippen molar-refractivity contribution in [1.82, 2.24) is 0 Å². The van der Waals surface area contributed by atoms with E-state index in [-0.39, 0.29) is 16.7 Å². The van der Waals surface area contributed by atoms with Crippen LogP contribution < -0.4 is 5.32 Å². The van der Waals surface area contributed by atoms with Crippen molar-refractivity contribution in [3.8, 4) is 0 Å². The van der Waals surface area contributed by atoms with Crippen LogP contribution in [0.1, 0.15) is 11.1 Å². The van der Waals surface area contributed by atoms with Crippen molar-refractivity contribution in [3.05, 3.63) is 68.2 Å². The summed E-state index contributed by atoms with van der Waals surface area (Å²) in [5, 5.41) is 14.4. The molecule has 4 nitrogen and oxygen atoms in total. The predicted molar refractivity (Wildman–Crippen MR) is 82.1 cm³/mol. The molecule has 0 bridgehead atoms. The highest BCUT2D eigenvalue weighted by Gasteiger charge is 2.23. The zero-order valence-electron chi connectivity index (χ0n) is 10.7. The lowest BCUT2D eigenvalue weighted by Gasteiger charge is -2.13. The summed E-state index contributed by atoms with van der Waals surface area (Å²) in [7, 11) is 0. The number of rotatable bonds is 3. The van der Waals surface area contributed by atoms with E-state index in [0.29, 0.717) is 10.2 Å². The molecule has 0 unspecified atom stereocenters. The third-order valence-corrected chi connectivity index (χ3v) is 4.06. The van der Waals surface area contributed by atoms with Gasteiger partial charge in [0.25, 0.3) is 5.69 Å². The van der Waals surface area contributed by atoms with Crippen molar-refractivity contribution < 1.29 is 4.92 Å². The molecule has 20 heavy (non-hydrogen) atoms. The number of nitrogens with zero attached hydrogens (tertiary/aromatic N) is 1. The first kappa shape index (κ1) is 13.1. The van der Waals surface area contributed by atoms with Crippen LogP contribution in [0.4, 0.5) is 11.4 Å². The first-order chi connectivity index (χ1) is 9.63. The van der Waals surface area contributed by atoms with Crippen LogP contribution in [0, 0.1) is 10.1 Å². The molecular formula is C15H13BrN2O2. The summed E-state index contributed by atoms with van der Waals surface area (Å²) >= 11 is 3.27. The third kappa shape index (κ3) is 2.54. The molecule has 5 heteroatoms. The Kier molecular flexibility index (Phi) is 3.44. The molecule has 0 amide bonds. The maximum atomic E-state index is 11.1. The second-order valence-corrected chi connectivity index (χ2v) is 5.85. The van der Waals surface area contributed by atoms with Gasteiger partial charge < -0.3 is 5.32 Å². The van der Waals surface area contributed by atoms with E-state index in [4.69, 9.17) is 0 Å². The average Bonchev–Trinajstić information content (AvgIpc) is 2.82. The van der Waals surface area contributed by atoms with Gasteiger partial charge in [-0.1, -0.05) is 40.2 Å². The number of nitrogens with one attached hydrogen (secondary N) is 1. The van der Waals surface area contributed by atoms with Crippen molar-refractivity contribution in [2.45, 2.75) is 18.9 Å². The Hall–Kier alpha value is -1.88. The van der Waals surface area contributed by atoms with Crippen LogP contribution in [-0.2, 0) is 12.8 Å². The monoisotopic (exact) mass is 332 g/mol. The summed E-state index contributed by atoms with van der Waals surface area (Å²) in [6.07, 6.45) is 1.81. The first-order valence-electron chi connectivity index (χ1n) is 6.41. The lowest BCUT2D eigenvalue weighted by molar-refractivity contribution is -0.384. The van der Waals surface area contributed by atoms with E-state index in [1.165, 1.54) is 17.2 Å². The van der Waals surface area contributed by atoms with E-state index in [2.05, 4.69) is 33.4 Å². The van der Waals surface area contributed by atoms with Crippen LogP contribution in [0.2, 0.25) is 0 Å². The highest BCUT2D eigenvalue weighted by Crippen LogP contribution is 2.31. The minimum absolute atomic E-state index is 0.107. The molecule has 1 aliphatic rings. The highest BCUT2D eigenvalue weighted by molar-refractivity contribution is 9.10. The van der Waals surface area contributed by atoms with Crippen LogP contribution >= 0.6 is 15.9 Å². The summed E-state index contributed by atoms with van der Waals surface area (Å²) in [5.41, 5.74) is 3.33. The van der Waals surface area contributed by atoms with Gasteiger partial charge in [-0.05, 0) is 36.1 Å². The number of nitro groups is 1. The molecule has 0 aromatic heterocycles. The molecule has 2 aromatic rings. The number of anilines is 1. The summed E-state index contributed by atoms with van der Waals surface area (Å²) in [6, 6.07) is 13.6. The van der Waals surface area contributed by atoms with E-state index < -0.39 is 0 Å². The summed E-state index contributed by atoms with van der Waals surface area (Å²) in [6.45, 7) is 0. The Labute approximate surface area is 125 Å². The Morgan fingerprint density at radius 3 is 2.40 bits per heavy atom. The molecule has 3 rings (SSSR count). The maximum Gasteiger partial charge on any atom is 0.293 e. The van der Waals surface area contributed by atoms with Crippen molar-refractivity contribution in [2.24, 2.45) is 0 Å². The summed E-state index contributed by atoms with van der Waals surface area (Å²) < 4.78 is 0.712. The van der Waals surface area contributed by atoms with Crippen molar-refractivity contribution in [2.75, 3.05) is 5.32 Å². The van der Waals surface area contributed by atoms with E-state index in [1.54, 1.807) is 6.07 Å². The normalized spacial score (nSPS) is 14.1. The predicted octanol–water partition coefficient (Wildman–Crippen LogP) is 3.94. The Morgan fingerprint density at radius 2 is 1.80 bits per heavy atom. The molecule has 2 aromatic carbocycles. The third-order valence-electron chi connectivity index (χ3n) is 3.57. The van der Waals surface area contributed by atoms with Crippen LogP contribution in [0.5, 0.6) is 0 Å². The lowest BCUT2D eigenvalue weighted by atomic mass is 10.1. The largest absolute Gasteiger partial charge is 0.376 e. The molecule has 0 saturated heterocycles. The van der Waals surface area contributed by atoms with Gasteiger partial charge in [-0.15, -0.1) is 0 Å². The maximum absolute atomic E-state index is 11.1. The number of benzene rings is 2. The second kappa shape index (κ2) is 5.25. The zero-order valence-corrected chi connectivity index (χ0v) is 12.3. The number of hydrogen-bond donors (Lipinski definition) is 1. The SMILES string of the molecule is O=[N+]([O-])c1cc(Br)ccc1NC1Cc2ccccc2C1. The number of halogens is 1. The number of hydrogen-bond acceptors (Lipinski definition) is 3. The van der Waals surface area contributed by atoms with Gasteiger partial charge in [0, 0.05) is 16.6 Å². The molecule has 1 N–H and O–H groups in total. The molecular weight excluding hydrogens is 320 g/mol. The number of fused-ring (bicyclic) bond motifs is 1. The molecule has 0 heterocycles. The minimum Gasteiger partial charge on any atom is -0.376 e. The lowest BCUT2D eigenvalue weighted by Crippen LogP contribution is -2.20. The Balaban J connectivity index is 1.82. The fourth-order valence-corrected chi connectivity index (χ4v) is 3.01. The first-order valence-corrected chi connectivity index (χ1v) is 7.20. The highest BCUT2D eigenvalue weighted by atomic mass is 79.9. The molecule has 0 aliphatic heterocycles. The molecule has 0 fully saturated rings. The van der Waals surface area contributed by atoms with Gasteiger partial charge in [0.1, 0.15) is 5.69 Å². The van der Waals surface area contributed by atoms with Gasteiger partial charge >= 0.3 is 0 Å². The van der Waals surface area contributed by atoms with Gasteiger partial charge in [0.15, 0.2) is 0 Å². The van der Waals surface area contributed by atoms with Gasteiger partial charge in [-0.2, -0.15) is 0 Å². The summed E-state index contributed by atoms with van der Waals surface area (Å²) in [5.74, 6) is 0. The fourth-order valence-electron chi connectivity index (χ4n) is 2.66. The second-order valence-electron chi connectivity index (χ2n) is 4.94. The van der Waals surface area contributed by atoms with E-state index in [0.717, 1.165) is 12.8 Å². The van der Waals surface area contributed by atoms with Gasteiger partial charge in [0.2, 0.25) is 0 Å². The fraction of sp³-hybridized carbons (Fsp3) is 0.200. The Morgan fingerprint density at radius 1 is 1.15 bits per heavy atom. The molecule has 102 valence electrons. The standard InChI is InChI=1S/C15H13BrN2O2/c16-12-5-6-14(15(9-12)18(19)20)17-13-7-10-3-1-2-4-11(10)8-13/h1-6,9,13,17H,7-8H2. The van der Waals surface area contributed by atoms with Crippen molar-refractivity contribution in [3.63, 3.8) is 0 Å². The van der Waals surface area contributed by atoms with Crippen LogP contribution in [0.15, 0.2) is 46.9 Å². The van der Waals surface area contributed by atoms with Crippen molar-refractivity contribution >= 4 is 27.3 Å². The molecule has 0 spiro atoms.